The first-order valence-corrected chi connectivity index (χ1v) is 11.9. The third kappa shape index (κ3) is 12.9. The van der Waals surface area contributed by atoms with Gasteiger partial charge in [0, 0.05) is 0 Å². The number of aliphatic hydroxyl groups is 2. The molecule has 35 heavy (non-hydrogen) atoms. The summed E-state index contributed by atoms with van der Waals surface area (Å²) in [5.41, 5.74) is 5.43. The van der Waals surface area contributed by atoms with Crippen LogP contribution in [0.15, 0.2) is 0 Å². The second-order valence-corrected chi connectivity index (χ2v) is 8.48. The molecule has 0 aliphatic carbocycles. The van der Waals surface area contributed by atoms with E-state index in [1.165, 1.54) is 25.6 Å². The van der Waals surface area contributed by atoms with Crippen LogP contribution in [0, 0.1) is 0 Å². The lowest BCUT2D eigenvalue weighted by molar-refractivity contribution is -0.138. The van der Waals surface area contributed by atoms with E-state index in [0.717, 1.165) is 0 Å². The molecule has 10 N–H and O–H groups in total. The normalized spacial score (nSPS) is 14.9. The van der Waals surface area contributed by atoms with Crippen molar-refractivity contribution in [2.24, 2.45) is 5.73 Å². The Morgan fingerprint density at radius 1 is 0.857 bits per heavy atom. The number of rotatable bonds is 16. The fourth-order valence-electron chi connectivity index (χ4n) is 2.45. The van der Waals surface area contributed by atoms with E-state index in [9.17, 15) is 39.0 Å². The second kappa shape index (κ2) is 16.6. The van der Waals surface area contributed by atoms with E-state index in [1.807, 2.05) is 5.32 Å². The van der Waals surface area contributed by atoms with E-state index >= 15 is 0 Å². The largest absolute Gasteiger partial charge is 0.480 e. The van der Waals surface area contributed by atoms with Crippen molar-refractivity contribution in [1.82, 2.24) is 26.6 Å². The van der Waals surface area contributed by atoms with Gasteiger partial charge in [-0.25, -0.2) is 0 Å². The molecule has 0 bridgehead atoms. The molecule has 0 rings (SSSR count). The van der Waals surface area contributed by atoms with Gasteiger partial charge in [-0.15, -0.1) is 0 Å². The standard InChI is InChI=1S/C19H34N6O9S/c1-9(20)16(31)24-12(8-26)18(33)23-11(4-5-35-3)17(32)25-15(10(2)27)19(34)22-6-13(28)21-7-14(29)30/h9-12,15,26-27H,4-8,20H2,1-3H3,(H,21,28)(H,22,34)(H,23,33)(H,24,31)(H,25,32)(H,29,30)/t9-,10+,11-,12-,15-/m0/s1. The molecule has 0 unspecified atom stereocenters. The number of aliphatic hydroxyl groups excluding tert-OH is 2. The summed E-state index contributed by atoms with van der Waals surface area (Å²) in [6.45, 7) is 0.587. The second-order valence-electron chi connectivity index (χ2n) is 7.49. The van der Waals surface area contributed by atoms with Crippen molar-refractivity contribution in [2.75, 3.05) is 31.7 Å². The zero-order valence-electron chi connectivity index (χ0n) is 19.7. The SMILES string of the molecule is CSCC[C@H](NC(=O)[C@H](CO)NC(=O)[C@H](C)N)C(=O)N[C@H](C(=O)NCC(=O)NCC(=O)O)[C@@H](C)O. The van der Waals surface area contributed by atoms with Gasteiger partial charge in [0.2, 0.25) is 29.5 Å². The Bertz CT molecular complexity index is 765. The van der Waals surface area contributed by atoms with E-state index in [-0.39, 0.29) is 6.42 Å². The molecule has 0 fully saturated rings. The minimum Gasteiger partial charge on any atom is -0.480 e. The number of carbonyl (C=O) groups excluding carboxylic acids is 5. The zero-order chi connectivity index (χ0) is 27.1. The highest BCUT2D eigenvalue weighted by Gasteiger charge is 2.31. The quantitative estimate of drug-likeness (QED) is 0.0930. The number of amides is 5. The molecule has 0 saturated carbocycles. The van der Waals surface area contributed by atoms with Crippen LogP contribution in [0.2, 0.25) is 0 Å². The lowest BCUT2D eigenvalue weighted by Crippen LogP contribution is -2.60. The summed E-state index contributed by atoms with van der Waals surface area (Å²) in [6.07, 6.45) is 0.482. The molecule has 0 aromatic rings. The summed E-state index contributed by atoms with van der Waals surface area (Å²) >= 11 is 1.37. The van der Waals surface area contributed by atoms with Crippen molar-refractivity contribution in [3.63, 3.8) is 0 Å². The molecule has 0 spiro atoms. The molecule has 0 saturated heterocycles. The van der Waals surface area contributed by atoms with E-state index in [0.29, 0.717) is 5.75 Å². The Morgan fingerprint density at radius 3 is 1.91 bits per heavy atom. The minimum absolute atomic E-state index is 0.115. The highest BCUT2D eigenvalue weighted by Crippen LogP contribution is 2.04. The maximum Gasteiger partial charge on any atom is 0.322 e. The van der Waals surface area contributed by atoms with Gasteiger partial charge in [0.25, 0.3) is 0 Å². The Morgan fingerprint density at radius 2 is 1.43 bits per heavy atom. The number of carbonyl (C=O) groups is 6. The van der Waals surface area contributed by atoms with Gasteiger partial charge in [0.1, 0.15) is 24.7 Å². The van der Waals surface area contributed by atoms with E-state index in [2.05, 4.69) is 21.3 Å². The molecule has 0 radical (unpaired) electrons. The van der Waals surface area contributed by atoms with Crippen LogP contribution in [0.25, 0.3) is 0 Å². The molecule has 15 nitrogen and oxygen atoms in total. The number of thioether (sulfide) groups is 1. The van der Waals surface area contributed by atoms with Crippen molar-refractivity contribution in [2.45, 2.75) is 50.5 Å². The Balaban J connectivity index is 5.26. The summed E-state index contributed by atoms with van der Waals surface area (Å²) in [5, 5.41) is 39.1. The maximum atomic E-state index is 12.8. The molecule has 0 aliphatic rings. The fourth-order valence-corrected chi connectivity index (χ4v) is 2.92. The van der Waals surface area contributed by atoms with Crippen LogP contribution in [-0.2, 0) is 28.8 Å². The number of nitrogens with two attached hydrogens (primary N) is 1. The van der Waals surface area contributed by atoms with Gasteiger partial charge < -0.3 is 47.6 Å². The highest BCUT2D eigenvalue weighted by atomic mass is 32.2. The number of carboxylic acid groups (broad SMARTS) is 1. The number of hydrogen-bond donors (Lipinski definition) is 9. The molecular formula is C19H34N6O9S. The van der Waals surface area contributed by atoms with Gasteiger partial charge in [0.05, 0.1) is 25.3 Å². The van der Waals surface area contributed by atoms with Crippen molar-refractivity contribution < 1.29 is 44.1 Å². The molecule has 0 aromatic heterocycles. The van der Waals surface area contributed by atoms with Crippen LogP contribution in [0.5, 0.6) is 0 Å². The third-order valence-corrected chi connectivity index (χ3v) is 5.04. The summed E-state index contributed by atoms with van der Waals surface area (Å²) in [7, 11) is 0. The molecular weight excluding hydrogens is 488 g/mol. The van der Waals surface area contributed by atoms with E-state index < -0.39 is 85.5 Å². The van der Waals surface area contributed by atoms with Crippen molar-refractivity contribution in [3.8, 4) is 0 Å². The predicted molar refractivity (Wildman–Crippen MR) is 125 cm³/mol. The molecule has 5 atom stereocenters. The number of nitrogens with one attached hydrogen (secondary N) is 5. The van der Waals surface area contributed by atoms with Crippen LogP contribution in [0.3, 0.4) is 0 Å². The molecule has 0 heterocycles. The van der Waals surface area contributed by atoms with Crippen LogP contribution in [-0.4, -0.2) is 113 Å². The third-order valence-electron chi connectivity index (χ3n) is 4.40. The molecule has 200 valence electrons. The van der Waals surface area contributed by atoms with Crippen molar-refractivity contribution in [1.29, 1.82) is 0 Å². The van der Waals surface area contributed by atoms with E-state index in [1.54, 1.807) is 6.26 Å². The van der Waals surface area contributed by atoms with Crippen molar-refractivity contribution in [3.05, 3.63) is 0 Å². The Labute approximate surface area is 206 Å². The number of aliphatic carboxylic acids is 1. The smallest absolute Gasteiger partial charge is 0.322 e. The fraction of sp³-hybridized carbons (Fsp3) is 0.684. The van der Waals surface area contributed by atoms with Gasteiger partial charge in [0.15, 0.2) is 0 Å². The van der Waals surface area contributed by atoms with Gasteiger partial charge in [-0.2, -0.15) is 11.8 Å². The van der Waals surface area contributed by atoms with Crippen LogP contribution in [0.4, 0.5) is 0 Å². The van der Waals surface area contributed by atoms with Crippen molar-refractivity contribution >= 4 is 47.3 Å². The first-order chi connectivity index (χ1) is 16.3. The maximum absolute atomic E-state index is 12.8. The Hall–Kier alpha value is -2.95. The summed E-state index contributed by atoms with van der Waals surface area (Å²) in [5.74, 6) is -4.98. The van der Waals surface area contributed by atoms with E-state index in [4.69, 9.17) is 10.8 Å². The molecule has 16 heteroatoms. The van der Waals surface area contributed by atoms with Gasteiger partial charge in [-0.05, 0) is 32.3 Å². The number of carboxylic acids is 1. The molecule has 0 aromatic carbocycles. The number of hydrogen-bond acceptors (Lipinski definition) is 10. The summed E-state index contributed by atoms with van der Waals surface area (Å²) < 4.78 is 0. The first-order valence-electron chi connectivity index (χ1n) is 10.5. The lowest BCUT2D eigenvalue weighted by Gasteiger charge is -2.26. The van der Waals surface area contributed by atoms with Crippen LogP contribution >= 0.6 is 11.8 Å². The van der Waals surface area contributed by atoms with Gasteiger partial charge in [-0.3, -0.25) is 28.8 Å². The summed E-state index contributed by atoms with van der Waals surface area (Å²) in [6, 6.07) is -5.01. The van der Waals surface area contributed by atoms with Gasteiger partial charge in [-0.1, -0.05) is 0 Å². The molecule has 0 aliphatic heterocycles. The van der Waals surface area contributed by atoms with Crippen LogP contribution < -0.4 is 32.3 Å². The topological polar surface area (TPSA) is 249 Å². The van der Waals surface area contributed by atoms with Gasteiger partial charge >= 0.3 is 5.97 Å². The summed E-state index contributed by atoms with van der Waals surface area (Å²) in [4.78, 5) is 71.5. The molecule has 5 amide bonds. The zero-order valence-corrected chi connectivity index (χ0v) is 20.5. The Kier molecular flexibility index (Phi) is 15.2. The average Bonchev–Trinajstić information content (AvgIpc) is 2.79. The predicted octanol–water partition coefficient (Wildman–Crippen LogP) is -4.77. The first kappa shape index (κ1) is 32.0. The van der Waals surface area contributed by atoms with Crippen LogP contribution in [0.1, 0.15) is 20.3 Å². The lowest BCUT2D eigenvalue weighted by atomic mass is 10.1. The highest BCUT2D eigenvalue weighted by molar-refractivity contribution is 7.98. The monoisotopic (exact) mass is 522 g/mol. The minimum atomic E-state index is -1.50. The average molecular weight is 523 g/mol.